The van der Waals surface area contributed by atoms with Crippen LogP contribution in [0.4, 0.5) is 0 Å². The lowest BCUT2D eigenvalue weighted by atomic mass is 10.0. The molecule has 0 bridgehead atoms. The van der Waals surface area contributed by atoms with Gasteiger partial charge < -0.3 is 20.0 Å². The molecule has 2 N–H and O–H groups in total. The normalized spacial score (nSPS) is 22.5. The van der Waals surface area contributed by atoms with Crippen LogP contribution in [0.1, 0.15) is 101 Å². The smallest absolute Gasteiger partial charge is 0.135 e. The van der Waals surface area contributed by atoms with Crippen molar-refractivity contribution in [3.63, 3.8) is 0 Å². The van der Waals surface area contributed by atoms with Gasteiger partial charge in [-0.3, -0.25) is 4.90 Å². The zero-order valence-corrected chi connectivity index (χ0v) is 24.0. The van der Waals surface area contributed by atoms with Gasteiger partial charge in [-0.25, -0.2) is 0 Å². The molecule has 2 fully saturated rings. The fourth-order valence-corrected chi connectivity index (χ4v) is 6.03. The van der Waals surface area contributed by atoms with Crippen LogP contribution in [0.25, 0.3) is 0 Å². The average molecular weight is 511 g/mol. The molecular weight excluding hydrogens is 460 g/mol. The van der Waals surface area contributed by atoms with E-state index in [0.717, 1.165) is 56.8 Å². The molecule has 1 aromatic heterocycles. The van der Waals surface area contributed by atoms with E-state index in [1.165, 1.54) is 24.8 Å². The molecule has 2 aliphatic heterocycles. The minimum Gasteiger partial charge on any atom is -0.317 e. The summed E-state index contributed by atoms with van der Waals surface area (Å²) in [5.41, 5.74) is 1.38. The SMILES string of the molecule is CNC(CCN1C(C)CCC1CC(C)n1c(C)nnc1C(C)C)c1ccccc1.O=CC1CCNCC1. The summed E-state index contributed by atoms with van der Waals surface area (Å²) >= 11 is 0. The lowest BCUT2D eigenvalue weighted by Crippen LogP contribution is -2.38. The molecule has 4 rings (SSSR count). The fourth-order valence-electron chi connectivity index (χ4n) is 6.03. The van der Waals surface area contributed by atoms with Gasteiger partial charge in [-0.1, -0.05) is 44.2 Å². The largest absolute Gasteiger partial charge is 0.317 e. The Bertz CT molecular complexity index is 923. The number of benzene rings is 1. The molecule has 4 unspecified atom stereocenters. The summed E-state index contributed by atoms with van der Waals surface area (Å²) in [6.07, 6.45) is 8.02. The van der Waals surface area contributed by atoms with Gasteiger partial charge in [0.05, 0.1) is 0 Å². The third-order valence-electron chi connectivity index (χ3n) is 8.22. The molecule has 3 heterocycles. The molecular formula is C30H50N6O. The summed E-state index contributed by atoms with van der Waals surface area (Å²) < 4.78 is 2.37. The van der Waals surface area contributed by atoms with E-state index >= 15 is 0 Å². The van der Waals surface area contributed by atoms with Gasteiger partial charge in [0, 0.05) is 42.5 Å². The summed E-state index contributed by atoms with van der Waals surface area (Å²) in [7, 11) is 2.08. The second-order valence-electron chi connectivity index (χ2n) is 11.3. The van der Waals surface area contributed by atoms with Crippen molar-refractivity contribution in [1.29, 1.82) is 0 Å². The molecule has 206 valence electrons. The molecule has 1 aromatic carbocycles. The van der Waals surface area contributed by atoms with Gasteiger partial charge >= 0.3 is 0 Å². The van der Waals surface area contributed by atoms with E-state index in [9.17, 15) is 4.79 Å². The Morgan fingerprint density at radius 2 is 1.78 bits per heavy atom. The fraction of sp³-hybridized carbons (Fsp3) is 0.700. The molecule has 0 saturated carbocycles. The first-order valence-corrected chi connectivity index (χ1v) is 14.4. The number of carbonyl (C=O) groups excluding carboxylic acids is 1. The number of likely N-dealkylation sites (tertiary alicyclic amines) is 1. The standard InChI is InChI=1S/C24H39N5.C6H11NO/c1-17(2)24-27-26-20(5)29(24)19(4)16-22-13-12-18(3)28(22)15-14-23(25-6)21-10-8-7-9-11-21;8-5-6-1-3-7-4-2-6/h7-11,17-19,22-23,25H,12-16H2,1-6H3;5-7H,1-4H2. The Balaban J connectivity index is 0.000000405. The van der Waals surface area contributed by atoms with Crippen molar-refractivity contribution in [3.05, 3.63) is 47.5 Å². The first-order chi connectivity index (χ1) is 17.8. The first-order valence-electron chi connectivity index (χ1n) is 14.4. The van der Waals surface area contributed by atoms with E-state index in [-0.39, 0.29) is 0 Å². The number of hydrogen-bond donors (Lipinski definition) is 2. The molecule has 2 aromatic rings. The van der Waals surface area contributed by atoms with Crippen molar-refractivity contribution in [2.45, 2.75) is 103 Å². The molecule has 37 heavy (non-hydrogen) atoms. The molecule has 0 amide bonds. The quantitative estimate of drug-likeness (QED) is 0.436. The number of carbonyl (C=O) groups is 1. The Hall–Kier alpha value is -2.09. The second kappa shape index (κ2) is 14.7. The minimum atomic E-state index is 0.344. The highest BCUT2D eigenvalue weighted by Crippen LogP contribution is 2.32. The highest BCUT2D eigenvalue weighted by Gasteiger charge is 2.32. The van der Waals surface area contributed by atoms with Gasteiger partial charge in [0.15, 0.2) is 0 Å². The van der Waals surface area contributed by atoms with Gasteiger partial charge in [-0.2, -0.15) is 0 Å². The van der Waals surface area contributed by atoms with Crippen molar-refractivity contribution in [2.24, 2.45) is 5.92 Å². The Labute approximate surface area is 224 Å². The number of piperidine rings is 1. The maximum Gasteiger partial charge on any atom is 0.135 e. The summed E-state index contributed by atoms with van der Waals surface area (Å²) in [5, 5.41) is 15.5. The summed E-state index contributed by atoms with van der Waals surface area (Å²) in [6.45, 7) is 14.4. The average Bonchev–Trinajstić information content (AvgIpc) is 3.48. The number of aryl methyl sites for hydroxylation is 1. The summed E-state index contributed by atoms with van der Waals surface area (Å²) in [5.74, 6) is 2.90. The molecule has 2 aliphatic rings. The number of rotatable bonds is 10. The molecule has 4 atom stereocenters. The van der Waals surface area contributed by atoms with E-state index in [0.29, 0.717) is 36.0 Å². The van der Waals surface area contributed by atoms with Crippen LogP contribution in [0, 0.1) is 12.8 Å². The zero-order chi connectivity index (χ0) is 26.8. The van der Waals surface area contributed by atoms with Crippen molar-refractivity contribution < 1.29 is 4.79 Å². The van der Waals surface area contributed by atoms with Crippen molar-refractivity contribution in [2.75, 3.05) is 26.7 Å². The first kappa shape index (κ1) is 29.5. The number of hydrogen-bond acceptors (Lipinski definition) is 6. The van der Waals surface area contributed by atoms with Gasteiger partial charge in [-0.15, -0.1) is 10.2 Å². The van der Waals surface area contributed by atoms with Gasteiger partial charge in [0.25, 0.3) is 0 Å². The van der Waals surface area contributed by atoms with E-state index in [4.69, 9.17) is 0 Å². The zero-order valence-electron chi connectivity index (χ0n) is 24.0. The highest BCUT2D eigenvalue weighted by atomic mass is 16.1. The monoisotopic (exact) mass is 510 g/mol. The van der Waals surface area contributed by atoms with E-state index < -0.39 is 0 Å². The number of nitrogens with one attached hydrogen (secondary N) is 2. The van der Waals surface area contributed by atoms with Gasteiger partial charge in [-0.05, 0) is 85.0 Å². The number of aromatic nitrogens is 3. The van der Waals surface area contributed by atoms with Crippen LogP contribution < -0.4 is 10.6 Å². The van der Waals surface area contributed by atoms with Crippen LogP contribution in [0.15, 0.2) is 30.3 Å². The van der Waals surface area contributed by atoms with Crippen molar-refractivity contribution in [3.8, 4) is 0 Å². The molecule has 0 radical (unpaired) electrons. The highest BCUT2D eigenvalue weighted by molar-refractivity contribution is 5.53. The topological polar surface area (TPSA) is 75.1 Å². The van der Waals surface area contributed by atoms with Crippen LogP contribution in [0.2, 0.25) is 0 Å². The maximum atomic E-state index is 10.1. The molecule has 0 aliphatic carbocycles. The van der Waals surface area contributed by atoms with E-state index in [1.807, 2.05) is 0 Å². The number of aldehydes is 1. The van der Waals surface area contributed by atoms with Crippen LogP contribution in [-0.4, -0.2) is 64.7 Å². The van der Waals surface area contributed by atoms with Crippen LogP contribution >= 0.6 is 0 Å². The predicted octanol–water partition coefficient (Wildman–Crippen LogP) is 5.05. The third kappa shape index (κ3) is 8.20. The van der Waals surface area contributed by atoms with Crippen LogP contribution in [0.3, 0.4) is 0 Å². The van der Waals surface area contributed by atoms with Gasteiger partial charge in [0.2, 0.25) is 0 Å². The molecule has 0 spiro atoms. The van der Waals surface area contributed by atoms with Crippen LogP contribution in [0.5, 0.6) is 0 Å². The molecule has 7 heteroatoms. The Kier molecular flexibility index (Phi) is 11.7. The lowest BCUT2D eigenvalue weighted by molar-refractivity contribution is -0.111. The predicted molar refractivity (Wildman–Crippen MR) is 152 cm³/mol. The van der Waals surface area contributed by atoms with Crippen molar-refractivity contribution in [1.82, 2.24) is 30.3 Å². The van der Waals surface area contributed by atoms with E-state index in [2.05, 4.69) is 102 Å². The lowest BCUT2D eigenvalue weighted by Gasteiger charge is -2.32. The Morgan fingerprint density at radius 1 is 1.08 bits per heavy atom. The van der Waals surface area contributed by atoms with Crippen LogP contribution in [-0.2, 0) is 4.79 Å². The molecule has 2 saturated heterocycles. The van der Waals surface area contributed by atoms with Gasteiger partial charge in [0.1, 0.15) is 17.9 Å². The second-order valence-corrected chi connectivity index (χ2v) is 11.3. The molecule has 7 nitrogen and oxygen atoms in total. The maximum absolute atomic E-state index is 10.1. The number of nitrogens with zero attached hydrogens (tertiary/aromatic N) is 4. The summed E-state index contributed by atoms with van der Waals surface area (Å²) in [6, 6.07) is 13.0. The third-order valence-corrected chi connectivity index (χ3v) is 8.22. The Morgan fingerprint density at radius 3 is 2.38 bits per heavy atom. The van der Waals surface area contributed by atoms with Crippen molar-refractivity contribution >= 4 is 6.29 Å². The summed E-state index contributed by atoms with van der Waals surface area (Å²) in [4.78, 5) is 12.9. The minimum absolute atomic E-state index is 0.344. The van der Waals surface area contributed by atoms with E-state index in [1.54, 1.807) is 0 Å².